The summed E-state index contributed by atoms with van der Waals surface area (Å²) in [5.74, 6) is 1.13. The molecule has 0 aromatic heterocycles. The number of carbonyl (C=O) groups is 1. The van der Waals surface area contributed by atoms with Crippen molar-refractivity contribution in [3.05, 3.63) is 28.3 Å². The highest BCUT2D eigenvalue weighted by molar-refractivity contribution is 6.31. The minimum absolute atomic E-state index is 0.379. The smallest absolute Gasteiger partial charge is 0.252 e. The van der Waals surface area contributed by atoms with Crippen LogP contribution < -0.4 is 10.5 Å². The van der Waals surface area contributed by atoms with Crippen molar-refractivity contribution in [2.75, 3.05) is 26.7 Å². The maximum Gasteiger partial charge on any atom is 0.252 e. The molecule has 1 aromatic carbocycles. The highest BCUT2D eigenvalue weighted by atomic mass is 35.5. The Morgan fingerprint density at radius 3 is 2.60 bits per heavy atom. The predicted octanol–water partition coefficient (Wildman–Crippen LogP) is 2.26. The van der Waals surface area contributed by atoms with Crippen LogP contribution >= 0.6 is 11.6 Å². The van der Waals surface area contributed by atoms with Crippen LogP contribution in [0.25, 0.3) is 0 Å². The third-order valence-electron chi connectivity index (χ3n) is 4.61. The standard InChI is InChI=1S/C15H19ClN2O2/c1-20-14-11(6-10(16)7-12(14)15(17)19)13-8-18-4-2-9(13)3-5-18/h6-7,9,13H,2-5,8H2,1H3,(H2,17,19). The van der Waals surface area contributed by atoms with E-state index in [9.17, 15) is 4.79 Å². The molecule has 0 radical (unpaired) electrons. The van der Waals surface area contributed by atoms with Gasteiger partial charge < -0.3 is 15.4 Å². The van der Waals surface area contributed by atoms with Crippen LogP contribution in [0.1, 0.15) is 34.7 Å². The number of carbonyl (C=O) groups excluding carboxylic acids is 1. The third-order valence-corrected chi connectivity index (χ3v) is 4.83. The fraction of sp³-hybridized carbons (Fsp3) is 0.533. The number of rotatable bonds is 3. The Bertz CT molecular complexity index is 539. The lowest BCUT2D eigenvalue weighted by molar-refractivity contribution is 0.0857. The summed E-state index contributed by atoms with van der Waals surface area (Å²) >= 11 is 6.17. The van der Waals surface area contributed by atoms with Gasteiger partial charge in [-0.1, -0.05) is 11.6 Å². The summed E-state index contributed by atoms with van der Waals surface area (Å²) in [6.45, 7) is 3.36. The Balaban J connectivity index is 2.06. The summed E-state index contributed by atoms with van der Waals surface area (Å²) < 4.78 is 5.48. The molecule has 0 aliphatic carbocycles. The van der Waals surface area contributed by atoms with E-state index < -0.39 is 5.91 Å². The van der Waals surface area contributed by atoms with Crippen LogP contribution in [0.15, 0.2) is 12.1 Å². The molecule has 20 heavy (non-hydrogen) atoms. The number of amides is 1. The maximum atomic E-state index is 11.6. The van der Waals surface area contributed by atoms with Crippen molar-refractivity contribution in [3.8, 4) is 5.75 Å². The van der Waals surface area contributed by atoms with Gasteiger partial charge in [0, 0.05) is 23.0 Å². The number of ether oxygens (including phenoxy) is 1. The molecule has 3 saturated heterocycles. The van der Waals surface area contributed by atoms with Crippen molar-refractivity contribution < 1.29 is 9.53 Å². The van der Waals surface area contributed by atoms with Crippen molar-refractivity contribution in [2.45, 2.75) is 18.8 Å². The number of methoxy groups -OCH3 is 1. The number of fused-ring (bicyclic) bond motifs is 3. The number of nitrogens with two attached hydrogens (primary N) is 1. The lowest BCUT2D eigenvalue weighted by Gasteiger charge is -2.45. The Kier molecular flexibility index (Phi) is 3.61. The van der Waals surface area contributed by atoms with Crippen molar-refractivity contribution >= 4 is 17.5 Å². The number of primary amides is 1. The van der Waals surface area contributed by atoms with Gasteiger partial charge in [0.15, 0.2) is 0 Å². The van der Waals surface area contributed by atoms with Gasteiger partial charge in [-0.2, -0.15) is 0 Å². The Morgan fingerprint density at radius 1 is 1.40 bits per heavy atom. The van der Waals surface area contributed by atoms with Gasteiger partial charge in [-0.3, -0.25) is 4.79 Å². The second kappa shape index (κ2) is 5.26. The average molecular weight is 295 g/mol. The van der Waals surface area contributed by atoms with E-state index in [1.165, 1.54) is 25.9 Å². The predicted molar refractivity (Wildman–Crippen MR) is 78.4 cm³/mol. The maximum absolute atomic E-state index is 11.6. The van der Waals surface area contributed by atoms with Gasteiger partial charge in [0.1, 0.15) is 5.75 Å². The molecule has 4 nitrogen and oxygen atoms in total. The van der Waals surface area contributed by atoms with E-state index in [0.717, 1.165) is 12.1 Å². The Hall–Kier alpha value is -1.26. The molecular formula is C15H19ClN2O2. The molecule has 1 aromatic rings. The number of nitrogens with zero attached hydrogens (tertiary/aromatic N) is 1. The van der Waals surface area contributed by atoms with Crippen LogP contribution in [0.2, 0.25) is 5.02 Å². The largest absolute Gasteiger partial charge is 0.496 e. The van der Waals surface area contributed by atoms with Crippen LogP contribution in [0.3, 0.4) is 0 Å². The van der Waals surface area contributed by atoms with Gasteiger partial charge in [-0.25, -0.2) is 0 Å². The molecule has 3 aliphatic heterocycles. The summed E-state index contributed by atoms with van der Waals surface area (Å²) in [4.78, 5) is 14.1. The summed E-state index contributed by atoms with van der Waals surface area (Å²) in [5, 5.41) is 0.547. The lowest BCUT2D eigenvalue weighted by atomic mass is 9.75. The van der Waals surface area contributed by atoms with E-state index in [1.807, 2.05) is 6.07 Å². The zero-order chi connectivity index (χ0) is 14.3. The van der Waals surface area contributed by atoms with Gasteiger partial charge in [0.05, 0.1) is 12.7 Å². The van der Waals surface area contributed by atoms with Crippen molar-refractivity contribution in [2.24, 2.45) is 11.7 Å². The Morgan fingerprint density at radius 2 is 2.10 bits per heavy atom. The monoisotopic (exact) mass is 294 g/mol. The molecule has 3 fully saturated rings. The first-order valence-corrected chi connectivity index (χ1v) is 7.37. The number of benzene rings is 1. The van der Waals surface area contributed by atoms with Crippen LogP contribution in [0.5, 0.6) is 5.75 Å². The van der Waals surface area contributed by atoms with Crippen molar-refractivity contribution in [1.82, 2.24) is 4.90 Å². The first-order chi connectivity index (χ1) is 9.60. The minimum atomic E-state index is -0.494. The summed E-state index contributed by atoms with van der Waals surface area (Å²) in [7, 11) is 1.58. The second-order valence-corrected chi connectivity index (χ2v) is 6.12. The highest BCUT2D eigenvalue weighted by Gasteiger charge is 2.37. The van der Waals surface area contributed by atoms with E-state index >= 15 is 0 Å². The third kappa shape index (κ3) is 2.27. The summed E-state index contributed by atoms with van der Waals surface area (Å²) in [6.07, 6.45) is 2.40. The van der Waals surface area contributed by atoms with Gasteiger partial charge >= 0.3 is 0 Å². The van der Waals surface area contributed by atoms with E-state index in [-0.39, 0.29) is 0 Å². The zero-order valence-electron chi connectivity index (χ0n) is 11.6. The fourth-order valence-corrected chi connectivity index (χ4v) is 3.85. The summed E-state index contributed by atoms with van der Waals surface area (Å²) in [6, 6.07) is 3.52. The lowest BCUT2D eigenvalue weighted by Crippen LogP contribution is -2.46. The average Bonchev–Trinajstić information content (AvgIpc) is 2.47. The van der Waals surface area contributed by atoms with Gasteiger partial charge in [-0.15, -0.1) is 0 Å². The van der Waals surface area contributed by atoms with Crippen LogP contribution in [-0.4, -0.2) is 37.6 Å². The molecule has 2 N–H and O–H groups in total. The normalized spacial score (nSPS) is 28.4. The highest BCUT2D eigenvalue weighted by Crippen LogP contribution is 2.44. The van der Waals surface area contributed by atoms with Gasteiger partial charge in [0.2, 0.25) is 0 Å². The molecule has 3 aliphatic rings. The first-order valence-electron chi connectivity index (χ1n) is 6.99. The van der Waals surface area contributed by atoms with Crippen LogP contribution in [0.4, 0.5) is 0 Å². The van der Waals surface area contributed by atoms with E-state index in [4.69, 9.17) is 22.1 Å². The van der Waals surface area contributed by atoms with E-state index in [1.54, 1.807) is 13.2 Å². The minimum Gasteiger partial charge on any atom is -0.496 e. The molecule has 1 unspecified atom stereocenters. The first kappa shape index (κ1) is 13.7. The molecule has 108 valence electrons. The molecular weight excluding hydrogens is 276 g/mol. The second-order valence-electron chi connectivity index (χ2n) is 5.68. The molecule has 2 bridgehead atoms. The topological polar surface area (TPSA) is 55.6 Å². The SMILES string of the molecule is COc1c(C(N)=O)cc(Cl)cc1C1CN2CCC1CC2. The van der Waals surface area contributed by atoms with Crippen molar-refractivity contribution in [1.29, 1.82) is 0 Å². The zero-order valence-corrected chi connectivity index (χ0v) is 12.3. The number of halogens is 1. The number of hydrogen-bond donors (Lipinski definition) is 1. The van der Waals surface area contributed by atoms with E-state index in [2.05, 4.69) is 4.90 Å². The van der Waals surface area contributed by atoms with Gasteiger partial charge in [-0.05, 0) is 44.0 Å². The molecule has 4 rings (SSSR count). The molecule has 1 amide bonds. The number of hydrogen-bond acceptors (Lipinski definition) is 3. The number of piperidine rings is 3. The molecule has 0 spiro atoms. The molecule has 1 atom stereocenters. The molecule has 3 heterocycles. The fourth-order valence-electron chi connectivity index (χ4n) is 3.62. The van der Waals surface area contributed by atoms with Crippen LogP contribution in [-0.2, 0) is 0 Å². The van der Waals surface area contributed by atoms with Gasteiger partial charge in [0.25, 0.3) is 5.91 Å². The Labute approximate surface area is 123 Å². The molecule has 5 heteroatoms. The quantitative estimate of drug-likeness (QED) is 0.930. The van der Waals surface area contributed by atoms with E-state index in [0.29, 0.717) is 28.2 Å². The summed E-state index contributed by atoms with van der Waals surface area (Å²) in [5.41, 5.74) is 6.86. The van der Waals surface area contributed by atoms with Crippen molar-refractivity contribution in [3.63, 3.8) is 0 Å². The molecule has 0 saturated carbocycles. The van der Waals surface area contributed by atoms with Crippen LogP contribution in [0, 0.1) is 5.92 Å².